The fraction of sp³-hybridized carbons (Fsp3) is 0.632. The maximum atomic E-state index is 12.4. The minimum Gasteiger partial charge on any atom is -0.342 e. The molecule has 0 saturated carbocycles. The molecule has 2 saturated heterocycles. The molecule has 1 N–H and O–H groups in total. The Hall–Kier alpha value is -0.710. The van der Waals surface area contributed by atoms with Crippen LogP contribution in [0.4, 0.5) is 0 Å². The lowest BCUT2D eigenvalue weighted by atomic mass is 9.78. The summed E-state index contributed by atoms with van der Waals surface area (Å²) in [5, 5.41) is 3.48. The number of benzene rings is 1. The Labute approximate surface area is 156 Å². The second-order valence-corrected chi connectivity index (χ2v) is 8.37. The van der Waals surface area contributed by atoms with Gasteiger partial charge in [-0.05, 0) is 54.8 Å². The van der Waals surface area contributed by atoms with Crippen molar-refractivity contribution < 1.29 is 4.79 Å². The number of carbonyl (C=O) groups is 1. The molecule has 1 amide bonds. The summed E-state index contributed by atoms with van der Waals surface area (Å²) in [6.45, 7) is 8.58. The van der Waals surface area contributed by atoms with Crippen molar-refractivity contribution in [2.75, 3.05) is 31.9 Å². The molecule has 5 heteroatoms. The Bertz CT molecular complexity index is 531. The summed E-state index contributed by atoms with van der Waals surface area (Å²) in [5.41, 5.74) is 1.84. The minimum absolute atomic E-state index is 0. The predicted octanol–water partition coefficient (Wildman–Crippen LogP) is 3.93. The van der Waals surface area contributed by atoms with E-state index in [2.05, 4.69) is 48.3 Å². The van der Waals surface area contributed by atoms with E-state index in [1.54, 1.807) is 11.8 Å². The number of carbonyl (C=O) groups excluding carboxylic acids is 1. The van der Waals surface area contributed by atoms with Gasteiger partial charge in [0.15, 0.2) is 0 Å². The first-order valence-corrected chi connectivity index (χ1v) is 9.78. The maximum Gasteiger partial charge on any atom is 0.232 e. The van der Waals surface area contributed by atoms with Crippen molar-refractivity contribution in [3.8, 4) is 0 Å². The van der Waals surface area contributed by atoms with Crippen LogP contribution < -0.4 is 5.32 Å². The largest absolute Gasteiger partial charge is 0.342 e. The molecule has 0 atom stereocenters. The van der Waals surface area contributed by atoms with Gasteiger partial charge >= 0.3 is 0 Å². The van der Waals surface area contributed by atoms with Crippen molar-refractivity contribution in [3.63, 3.8) is 0 Å². The summed E-state index contributed by atoms with van der Waals surface area (Å²) in [6, 6.07) is 8.63. The molecular formula is C19H29ClN2OS. The van der Waals surface area contributed by atoms with E-state index in [1.807, 2.05) is 0 Å². The number of nitrogens with zero attached hydrogens (tertiary/aromatic N) is 1. The SMILES string of the molecule is CC(C)c1ccc(SCC(=O)N2CCC3(CCNC3)CC2)cc1.Cl. The van der Waals surface area contributed by atoms with Crippen molar-refractivity contribution >= 4 is 30.1 Å². The second kappa shape index (κ2) is 8.59. The number of rotatable bonds is 4. The highest BCUT2D eigenvalue weighted by Gasteiger charge is 2.37. The molecule has 2 aliphatic rings. The van der Waals surface area contributed by atoms with Gasteiger partial charge in [0.2, 0.25) is 5.91 Å². The summed E-state index contributed by atoms with van der Waals surface area (Å²) in [5.74, 6) is 1.41. The van der Waals surface area contributed by atoms with E-state index in [0.717, 1.165) is 26.2 Å². The third-order valence-corrected chi connectivity index (χ3v) is 6.41. The Balaban J connectivity index is 0.00000208. The zero-order valence-electron chi connectivity index (χ0n) is 14.7. The van der Waals surface area contributed by atoms with Crippen LogP contribution in [0.5, 0.6) is 0 Å². The molecule has 2 heterocycles. The maximum absolute atomic E-state index is 12.4. The Morgan fingerprint density at radius 3 is 2.42 bits per heavy atom. The molecule has 0 bridgehead atoms. The lowest BCUT2D eigenvalue weighted by molar-refractivity contribution is -0.130. The number of halogens is 1. The van der Waals surface area contributed by atoms with Crippen LogP contribution in [0.25, 0.3) is 0 Å². The van der Waals surface area contributed by atoms with Crippen LogP contribution in [0.2, 0.25) is 0 Å². The number of likely N-dealkylation sites (tertiary alicyclic amines) is 1. The third kappa shape index (κ3) is 4.68. The number of thioether (sulfide) groups is 1. The van der Waals surface area contributed by atoms with Gasteiger partial charge < -0.3 is 10.2 Å². The molecule has 0 aliphatic carbocycles. The standard InChI is InChI=1S/C19H28N2OS.ClH/c1-15(2)16-3-5-17(6-4-16)23-13-18(22)21-11-8-19(9-12-21)7-10-20-14-19;/h3-6,15,20H,7-14H2,1-2H3;1H. The van der Waals surface area contributed by atoms with Crippen LogP contribution in [0.3, 0.4) is 0 Å². The first-order chi connectivity index (χ1) is 11.1. The van der Waals surface area contributed by atoms with Crippen molar-refractivity contribution in [2.45, 2.75) is 43.9 Å². The van der Waals surface area contributed by atoms with Crippen molar-refractivity contribution in [1.29, 1.82) is 0 Å². The van der Waals surface area contributed by atoms with Gasteiger partial charge in [0.25, 0.3) is 0 Å². The molecule has 1 spiro atoms. The van der Waals surface area contributed by atoms with Crippen LogP contribution in [-0.4, -0.2) is 42.7 Å². The fourth-order valence-electron chi connectivity index (χ4n) is 3.64. The zero-order valence-corrected chi connectivity index (χ0v) is 16.3. The smallest absolute Gasteiger partial charge is 0.232 e. The lowest BCUT2D eigenvalue weighted by Gasteiger charge is -2.38. The van der Waals surface area contributed by atoms with Gasteiger partial charge in [0.1, 0.15) is 0 Å². The van der Waals surface area contributed by atoms with Crippen molar-refractivity contribution in [2.24, 2.45) is 5.41 Å². The molecule has 3 nitrogen and oxygen atoms in total. The van der Waals surface area contributed by atoms with Gasteiger partial charge in [0, 0.05) is 24.5 Å². The summed E-state index contributed by atoms with van der Waals surface area (Å²) < 4.78 is 0. The van der Waals surface area contributed by atoms with Crippen LogP contribution in [-0.2, 0) is 4.79 Å². The van der Waals surface area contributed by atoms with E-state index in [-0.39, 0.29) is 12.4 Å². The topological polar surface area (TPSA) is 32.3 Å². The number of nitrogens with one attached hydrogen (secondary N) is 1. The van der Waals surface area contributed by atoms with Gasteiger partial charge in [-0.25, -0.2) is 0 Å². The predicted molar refractivity (Wildman–Crippen MR) is 104 cm³/mol. The van der Waals surface area contributed by atoms with E-state index in [4.69, 9.17) is 0 Å². The highest BCUT2D eigenvalue weighted by molar-refractivity contribution is 8.00. The van der Waals surface area contributed by atoms with Gasteiger partial charge in [-0.3, -0.25) is 4.79 Å². The zero-order chi connectivity index (χ0) is 16.3. The van der Waals surface area contributed by atoms with Gasteiger partial charge in [-0.1, -0.05) is 26.0 Å². The summed E-state index contributed by atoms with van der Waals surface area (Å²) in [6.07, 6.45) is 3.62. The van der Waals surface area contributed by atoms with Crippen LogP contribution in [0.1, 0.15) is 44.6 Å². The molecule has 1 aromatic rings. The molecular weight excluding hydrogens is 340 g/mol. The van der Waals surface area contributed by atoms with Crippen LogP contribution >= 0.6 is 24.2 Å². The Kier molecular flexibility index (Phi) is 7.02. The molecule has 24 heavy (non-hydrogen) atoms. The van der Waals surface area contributed by atoms with E-state index in [9.17, 15) is 4.79 Å². The van der Waals surface area contributed by atoms with Gasteiger partial charge in [-0.2, -0.15) is 0 Å². The number of hydrogen-bond donors (Lipinski definition) is 1. The molecule has 0 unspecified atom stereocenters. The average Bonchev–Trinajstić information content (AvgIpc) is 3.02. The lowest BCUT2D eigenvalue weighted by Crippen LogP contribution is -2.44. The van der Waals surface area contributed by atoms with E-state index >= 15 is 0 Å². The minimum atomic E-state index is 0. The normalized spacial score (nSPS) is 19.5. The summed E-state index contributed by atoms with van der Waals surface area (Å²) in [4.78, 5) is 15.7. The quantitative estimate of drug-likeness (QED) is 0.817. The first kappa shape index (κ1) is 19.6. The van der Waals surface area contributed by atoms with Crippen LogP contribution in [0, 0.1) is 5.41 Å². The molecule has 0 radical (unpaired) electrons. The van der Waals surface area contributed by atoms with Gasteiger partial charge in [0.05, 0.1) is 5.75 Å². The Morgan fingerprint density at radius 1 is 1.21 bits per heavy atom. The molecule has 134 valence electrons. The summed E-state index contributed by atoms with van der Waals surface area (Å²) >= 11 is 1.66. The first-order valence-electron chi connectivity index (χ1n) is 8.79. The van der Waals surface area contributed by atoms with E-state index < -0.39 is 0 Å². The number of amides is 1. The molecule has 0 aromatic heterocycles. The van der Waals surface area contributed by atoms with Crippen LogP contribution in [0.15, 0.2) is 29.2 Å². The van der Waals surface area contributed by atoms with Crippen molar-refractivity contribution in [1.82, 2.24) is 10.2 Å². The fourth-order valence-corrected chi connectivity index (χ4v) is 4.44. The van der Waals surface area contributed by atoms with E-state index in [1.165, 1.54) is 29.7 Å². The van der Waals surface area contributed by atoms with E-state index in [0.29, 0.717) is 23.0 Å². The monoisotopic (exact) mass is 368 g/mol. The second-order valence-electron chi connectivity index (χ2n) is 7.32. The number of hydrogen-bond acceptors (Lipinski definition) is 3. The Morgan fingerprint density at radius 2 is 1.88 bits per heavy atom. The molecule has 2 aliphatic heterocycles. The van der Waals surface area contributed by atoms with Gasteiger partial charge in [-0.15, -0.1) is 24.2 Å². The highest BCUT2D eigenvalue weighted by Crippen LogP contribution is 2.37. The average molecular weight is 369 g/mol. The summed E-state index contributed by atoms with van der Waals surface area (Å²) in [7, 11) is 0. The number of piperidine rings is 1. The molecule has 1 aromatic carbocycles. The van der Waals surface area contributed by atoms with Crippen molar-refractivity contribution in [3.05, 3.63) is 29.8 Å². The third-order valence-electron chi connectivity index (χ3n) is 5.42. The highest BCUT2D eigenvalue weighted by atomic mass is 35.5. The molecule has 2 fully saturated rings. The molecule has 3 rings (SSSR count).